The van der Waals surface area contributed by atoms with E-state index in [1.54, 1.807) is 12.4 Å². The minimum absolute atomic E-state index is 0.0156. The molecule has 1 saturated heterocycles. The lowest BCUT2D eigenvalue weighted by Gasteiger charge is -2.38. The lowest BCUT2D eigenvalue weighted by atomic mass is 9.91. The summed E-state index contributed by atoms with van der Waals surface area (Å²) in [5, 5.41) is 0. The summed E-state index contributed by atoms with van der Waals surface area (Å²) < 4.78 is 0. The minimum atomic E-state index is -0.0156. The molecule has 0 atom stereocenters. The fraction of sp³-hybridized carbons (Fsp3) is 0.615. The molecule has 1 aliphatic heterocycles. The quantitative estimate of drug-likeness (QED) is 0.782. The molecule has 4 heteroatoms. The molecular weight excluding hydrogens is 212 g/mol. The van der Waals surface area contributed by atoms with Gasteiger partial charge >= 0.3 is 0 Å². The van der Waals surface area contributed by atoms with Gasteiger partial charge in [-0.25, -0.2) is 0 Å². The minimum Gasteiger partial charge on any atom is -0.396 e. The maximum Gasteiger partial charge on any atom is 0.0738 e. The van der Waals surface area contributed by atoms with Gasteiger partial charge in [0.15, 0.2) is 0 Å². The molecule has 17 heavy (non-hydrogen) atoms. The first-order chi connectivity index (χ1) is 8.08. The lowest BCUT2D eigenvalue weighted by molar-refractivity contribution is 0.364. The zero-order valence-electron chi connectivity index (χ0n) is 11.1. The summed E-state index contributed by atoms with van der Waals surface area (Å²) in [6.07, 6.45) is 5.50. The van der Waals surface area contributed by atoms with Gasteiger partial charge in [-0.2, -0.15) is 0 Å². The SMILES string of the molecule is CC.CC1(N)CCN(c2ccncc2N)CC1. The summed E-state index contributed by atoms with van der Waals surface area (Å²) >= 11 is 0. The van der Waals surface area contributed by atoms with Gasteiger partial charge in [0, 0.05) is 24.8 Å². The number of rotatable bonds is 1. The maximum absolute atomic E-state index is 6.09. The molecule has 0 aliphatic carbocycles. The molecule has 0 aromatic carbocycles. The van der Waals surface area contributed by atoms with E-state index < -0.39 is 0 Å². The number of nitrogens with two attached hydrogens (primary N) is 2. The number of pyridine rings is 1. The summed E-state index contributed by atoms with van der Waals surface area (Å²) in [5.41, 5.74) is 13.8. The van der Waals surface area contributed by atoms with Crippen LogP contribution in [0.3, 0.4) is 0 Å². The number of anilines is 2. The van der Waals surface area contributed by atoms with Crippen LogP contribution in [0, 0.1) is 0 Å². The highest BCUT2D eigenvalue weighted by molar-refractivity contribution is 5.66. The predicted octanol–water partition coefficient (Wildman–Crippen LogP) is 2.01. The van der Waals surface area contributed by atoms with Gasteiger partial charge in [0.05, 0.1) is 17.6 Å². The second-order valence-corrected chi connectivity index (χ2v) is 4.58. The van der Waals surface area contributed by atoms with E-state index in [4.69, 9.17) is 11.5 Å². The smallest absolute Gasteiger partial charge is 0.0738 e. The molecule has 1 fully saturated rings. The van der Waals surface area contributed by atoms with Crippen molar-refractivity contribution in [3.05, 3.63) is 18.5 Å². The third-order valence-corrected chi connectivity index (χ3v) is 3.07. The molecule has 0 amide bonds. The van der Waals surface area contributed by atoms with Gasteiger partial charge in [-0.1, -0.05) is 13.8 Å². The zero-order valence-corrected chi connectivity index (χ0v) is 11.1. The standard InChI is InChI=1S/C11H18N4.C2H6/c1-11(13)3-6-15(7-4-11)10-2-5-14-8-9(10)12;1-2/h2,5,8H,3-4,6-7,12-13H2,1H3;1-2H3. The van der Waals surface area contributed by atoms with E-state index in [2.05, 4.69) is 16.8 Å². The van der Waals surface area contributed by atoms with Crippen molar-refractivity contribution in [2.24, 2.45) is 5.73 Å². The van der Waals surface area contributed by atoms with Crippen LogP contribution in [0.2, 0.25) is 0 Å². The van der Waals surface area contributed by atoms with Gasteiger partial charge in [-0.05, 0) is 25.8 Å². The summed E-state index contributed by atoms with van der Waals surface area (Å²) in [6.45, 7) is 8.06. The Kier molecular flexibility index (Phi) is 4.75. The summed E-state index contributed by atoms with van der Waals surface area (Å²) in [4.78, 5) is 6.28. The molecule has 4 nitrogen and oxygen atoms in total. The van der Waals surface area contributed by atoms with Crippen LogP contribution in [-0.4, -0.2) is 23.6 Å². The third-order valence-electron chi connectivity index (χ3n) is 3.07. The molecule has 96 valence electrons. The second-order valence-electron chi connectivity index (χ2n) is 4.58. The topological polar surface area (TPSA) is 68.2 Å². The van der Waals surface area contributed by atoms with Gasteiger partial charge in [0.25, 0.3) is 0 Å². The Bertz CT molecular complexity index is 339. The Morgan fingerprint density at radius 1 is 1.29 bits per heavy atom. The Balaban J connectivity index is 0.000000686. The van der Waals surface area contributed by atoms with E-state index in [0.29, 0.717) is 0 Å². The van der Waals surface area contributed by atoms with Crippen molar-refractivity contribution in [3.8, 4) is 0 Å². The van der Waals surface area contributed by atoms with Gasteiger partial charge in [0.1, 0.15) is 0 Å². The highest BCUT2D eigenvalue weighted by atomic mass is 15.2. The first-order valence-electron chi connectivity index (χ1n) is 6.32. The van der Waals surface area contributed by atoms with E-state index >= 15 is 0 Å². The van der Waals surface area contributed by atoms with Crippen LogP contribution < -0.4 is 16.4 Å². The van der Waals surface area contributed by atoms with Crippen molar-refractivity contribution in [1.29, 1.82) is 0 Å². The number of nitrogen functional groups attached to an aromatic ring is 1. The molecule has 1 aliphatic rings. The fourth-order valence-electron chi connectivity index (χ4n) is 1.95. The molecule has 2 heterocycles. The van der Waals surface area contributed by atoms with Crippen molar-refractivity contribution in [2.45, 2.75) is 39.2 Å². The molecule has 0 radical (unpaired) electrons. The van der Waals surface area contributed by atoms with E-state index in [9.17, 15) is 0 Å². The number of hydrogen-bond acceptors (Lipinski definition) is 4. The number of piperidine rings is 1. The average molecular weight is 236 g/mol. The molecule has 0 unspecified atom stereocenters. The highest BCUT2D eigenvalue weighted by Gasteiger charge is 2.26. The van der Waals surface area contributed by atoms with Crippen LogP contribution in [0.25, 0.3) is 0 Å². The van der Waals surface area contributed by atoms with Gasteiger partial charge in [0.2, 0.25) is 0 Å². The zero-order chi connectivity index (χ0) is 12.9. The highest BCUT2D eigenvalue weighted by Crippen LogP contribution is 2.27. The van der Waals surface area contributed by atoms with Crippen LogP contribution in [0.5, 0.6) is 0 Å². The molecular formula is C13H24N4. The van der Waals surface area contributed by atoms with E-state index in [1.807, 2.05) is 19.9 Å². The summed E-state index contributed by atoms with van der Waals surface area (Å²) in [7, 11) is 0. The Hall–Kier alpha value is -1.29. The molecule has 0 bridgehead atoms. The first kappa shape index (κ1) is 13.8. The Morgan fingerprint density at radius 3 is 2.41 bits per heavy atom. The summed E-state index contributed by atoms with van der Waals surface area (Å²) in [6, 6.07) is 1.97. The monoisotopic (exact) mass is 236 g/mol. The number of aromatic nitrogens is 1. The van der Waals surface area contributed by atoms with E-state index in [0.717, 1.165) is 37.3 Å². The van der Waals surface area contributed by atoms with E-state index in [1.165, 1.54) is 0 Å². The molecule has 0 saturated carbocycles. The lowest BCUT2D eigenvalue weighted by Crippen LogP contribution is -2.48. The van der Waals surface area contributed by atoms with Gasteiger partial charge < -0.3 is 16.4 Å². The largest absolute Gasteiger partial charge is 0.396 e. The molecule has 4 N–H and O–H groups in total. The number of hydrogen-bond donors (Lipinski definition) is 2. The Labute approximate surface area is 104 Å². The van der Waals surface area contributed by atoms with Crippen LogP contribution in [0.1, 0.15) is 33.6 Å². The van der Waals surface area contributed by atoms with Gasteiger partial charge in [-0.15, -0.1) is 0 Å². The number of nitrogens with zero attached hydrogens (tertiary/aromatic N) is 2. The normalized spacial score (nSPS) is 18.2. The summed E-state index contributed by atoms with van der Waals surface area (Å²) in [5.74, 6) is 0. The molecule has 2 rings (SSSR count). The van der Waals surface area contributed by atoms with Crippen molar-refractivity contribution < 1.29 is 0 Å². The van der Waals surface area contributed by atoms with Gasteiger partial charge in [-0.3, -0.25) is 4.98 Å². The molecule has 1 aromatic heterocycles. The second kappa shape index (κ2) is 5.87. The predicted molar refractivity (Wildman–Crippen MR) is 74.0 cm³/mol. The first-order valence-corrected chi connectivity index (χ1v) is 6.32. The van der Waals surface area contributed by atoms with Crippen LogP contribution in [-0.2, 0) is 0 Å². The average Bonchev–Trinajstić information content (AvgIpc) is 2.33. The van der Waals surface area contributed by atoms with E-state index in [-0.39, 0.29) is 5.54 Å². The van der Waals surface area contributed by atoms with Crippen molar-refractivity contribution in [1.82, 2.24) is 4.98 Å². The Morgan fingerprint density at radius 2 is 1.88 bits per heavy atom. The van der Waals surface area contributed by atoms with Crippen LogP contribution >= 0.6 is 0 Å². The third kappa shape index (κ3) is 3.60. The van der Waals surface area contributed by atoms with Crippen molar-refractivity contribution in [2.75, 3.05) is 23.7 Å². The fourth-order valence-corrected chi connectivity index (χ4v) is 1.95. The van der Waals surface area contributed by atoms with Crippen molar-refractivity contribution >= 4 is 11.4 Å². The van der Waals surface area contributed by atoms with Crippen LogP contribution in [0.4, 0.5) is 11.4 Å². The molecule has 1 aromatic rings. The molecule has 0 spiro atoms. The van der Waals surface area contributed by atoms with Crippen LogP contribution in [0.15, 0.2) is 18.5 Å². The van der Waals surface area contributed by atoms with Crippen molar-refractivity contribution in [3.63, 3.8) is 0 Å². The maximum atomic E-state index is 6.09.